The molecule has 0 aliphatic carbocycles. The van der Waals surface area contributed by atoms with E-state index < -0.39 is 47.5 Å². The lowest BCUT2D eigenvalue weighted by atomic mass is 9.74. The monoisotopic (exact) mass is 480 g/mol. The van der Waals surface area contributed by atoms with Crippen LogP contribution in [0.15, 0.2) is 23.3 Å². The van der Waals surface area contributed by atoms with Crippen LogP contribution in [0.2, 0.25) is 0 Å². The Kier molecular flexibility index (Phi) is 10.1. The van der Waals surface area contributed by atoms with Gasteiger partial charge in [-0.2, -0.15) is 0 Å². The van der Waals surface area contributed by atoms with Crippen LogP contribution in [0, 0.1) is 11.3 Å². The number of carbonyl (C=O) groups excluding carboxylic acids is 2. The Balaban J connectivity index is 2.43. The number of esters is 1. The Morgan fingerprint density at radius 3 is 2.44 bits per heavy atom. The van der Waals surface area contributed by atoms with Crippen LogP contribution in [0.1, 0.15) is 92.9 Å². The zero-order valence-electron chi connectivity index (χ0n) is 21.7. The topological polar surface area (TPSA) is 113 Å². The summed E-state index contributed by atoms with van der Waals surface area (Å²) in [5, 5.41) is 32.5. The van der Waals surface area contributed by atoms with Crippen LogP contribution in [0.3, 0.4) is 0 Å². The van der Waals surface area contributed by atoms with Crippen LogP contribution in [-0.2, 0) is 19.1 Å². The number of ether oxygens (including phenoxy) is 2. The van der Waals surface area contributed by atoms with E-state index in [2.05, 4.69) is 6.92 Å². The van der Waals surface area contributed by atoms with E-state index in [1.165, 1.54) is 0 Å². The molecule has 2 aliphatic heterocycles. The molecule has 7 nitrogen and oxygen atoms in total. The van der Waals surface area contributed by atoms with Crippen molar-refractivity contribution in [3.05, 3.63) is 23.3 Å². The van der Waals surface area contributed by atoms with Crippen LogP contribution < -0.4 is 0 Å². The van der Waals surface area contributed by atoms with Gasteiger partial charge in [0.15, 0.2) is 5.79 Å². The molecule has 0 spiro atoms. The van der Waals surface area contributed by atoms with Gasteiger partial charge in [0, 0.05) is 25.2 Å². The smallest absolute Gasteiger partial charge is 0.311 e. The van der Waals surface area contributed by atoms with Gasteiger partial charge in [-0.05, 0) is 37.8 Å². The number of unbranched alkanes of at least 4 members (excludes halogenated alkanes) is 2. The quantitative estimate of drug-likeness (QED) is 0.317. The first-order chi connectivity index (χ1) is 15.8. The second-order valence-electron chi connectivity index (χ2n) is 10.8. The number of aliphatic hydroxyl groups excluding tert-OH is 2. The van der Waals surface area contributed by atoms with Crippen LogP contribution in [-0.4, -0.2) is 57.3 Å². The van der Waals surface area contributed by atoms with E-state index in [4.69, 9.17) is 9.47 Å². The molecule has 7 heteroatoms. The molecular formula is C27H44O7. The Morgan fingerprint density at radius 1 is 1.12 bits per heavy atom. The fraction of sp³-hybridized carbons (Fsp3) is 0.778. The highest BCUT2D eigenvalue weighted by Gasteiger charge is 2.43. The fourth-order valence-electron chi connectivity index (χ4n) is 5.05. The lowest BCUT2D eigenvalue weighted by Crippen LogP contribution is -2.48. The fourth-order valence-corrected chi connectivity index (χ4v) is 5.05. The van der Waals surface area contributed by atoms with E-state index >= 15 is 0 Å². The molecule has 2 bridgehead atoms. The lowest BCUT2D eigenvalue weighted by Gasteiger charge is -2.40. The average Bonchev–Trinajstić information content (AvgIpc) is 2.74. The number of allylic oxidation sites excluding steroid dienone is 1. The molecule has 0 aromatic rings. The minimum Gasteiger partial charge on any atom is -0.462 e. The van der Waals surface area contributed by atoms with Crippen LogP contribution in [0.5, 0.6) is 0 Å². The summed E-state index contributed by atoms with van der Waals surface area (Å²) in [6.45, 7) is 10.9. The molecule has 0 radical (unpaired) electrons. The first-order valence-electron chi connectivity index (χ1n) is 12.6. The molecule has 0 aromatic heterocycles. The Hall–Kier alpha value is -1.54. The maximum atomic E-state index is 13.3. The summed E-state index contributed by atoms with van der Waals surface area (Å²) in [6.07, 6.45) is 4.49. The number of Topliss-reactive ketones (excluding diaryl/α,β-unsaturated/α-hetero) is 1. The molecule has 3 N–H and O–H groups in total. The molecule has 1 fully saturated rings. The lowest BCUT2D eigenvalue weighted by molar-refractivity contribution is -0.267. The molecule has 194 valence electrons. The van der Waals surface area contributed by atoms with Crippen molar-refractivity contribution >= 4 is 11.8 Å². The zero-order chi connectivity index (χ0) is 25.7. The predicted octanol–water partition coefficient (Wildman–Crippen LogP) is 3.99. The maximum Gasteiger partial charge on any atom is 0.311 e. The van der Waals surface area contributed by atoms with Gasteiger partial charge in [0.2, 0.25) is 0 Å². The first kappa shape index (κ1) is 28.7. The molecular weight excluding hydrogens is 436 g/mol. The van der Waals surface area contributed by atoms with Crippen molar-refractivity contribution in [1.29, 1.82) is 0 Å². The molecule has 2 aliphatic rings. The summed E-state index contributed by atoms with van der Waals surface area (Å²) in [6, 6.07) is 0. The molecule has 0 aromatic carbocycles. The van der Waals surface area contributed by atoms with Gasteiger partial charge in [-0.1, -0.05) is 52.7 Å². The van der Waals surface area contributed by atoms with Crippen molar-refractivity contribution in [2.45, 2.75) is 123 Å². The molecule has 1 saturated heterocycles. The normalized spacial score (nSPS) is 38.9. The summed E-state index contributed by atoms with van der Waals surface area (Å²) in [5.74, 6) is -3.04. The van der Waals surface area contributed by atoms with Crippen molar-refractivity contribution in [2.24, 2.45) is 11.3 Å². The average molecular weight is 481 g/mol. The number of cyclic esters (lactones) is 1. The summed E-state index contributed by atoms with van der Waals surface area (Å²) in [4.78, 5) is 26.1. The van der Waals surface area contributed by atoms with Crippen LogP contribution >= 0.6 is 0 Å². The number of ketones is 1. The van der Waals surface area contributed by atoms with Gasteiger partial charge >= 0.3 is 5.97 Å². The third-order valence-corrected chi connectivity index (χ3v) is 7.14. The van der Waals surface area contributed by atoms with Crippen molar-refractivity contribution in [2.75, 3.05) is 0 Å². The SMILES string of the molecule is CCCCC[C@@H]1C/C=C(/C)[C@@H](O)C(C)(C)C(=O)[C@@H](C)/C=C(/C)[C@@H]2C[C@H](O)C[C@](O)(CC(=O)O1)O2. The molecule has 0 unspecified atom stereocenters. The minimum absolute atomic E-state index is 0.0842. The number of carbonyl (C=O) groups is 2. The van der Waals surface area contributed by atoms with Crippen molar-refractivity contribution in [1.82, 2.24) is 0 Å². The zero-order valence-corrected chi connectivity index (χ0v) is 21.7. The van der Waals surface area contributed by atoms with Crippen LogP contribution in [0.4, 0.5) is 0 Å². The van der Waals surface area contributed by atoms with E-state index in [0.717, 1.165) is 19.3 Å². The second-order valence-corrected chi connectivity index (χ2v) is 10.8. The van der Waals surface area contributed by atoms with E-state index in [-0.39, 0.29) is 25.0 Å². The Morgan fingerprint density at radius 2 is 1.79 bits per heavy atom. The maximum absolute atomic E-state index is 13.3. The molecule has 2 heterocycles. The highest BCUT2D eigenvalue weighted by molar-refractivity contribution is 5.88. The van der Waals surface area contributed by atoms with Crippen molar-refractivity contribution < 1.29 is 34.4 Å². The summed E-state index contributed by atoms with van der Waals surface area (Å²) in [7, 11) is 0. The van der Waals surface area contributed by atoms with Gasteiger partial charge in [0.1, 0.15) is 11.9 Å². The number of fused-ring (bicyclic) bond motifs is 2. The highest BCUT2D eigenvalue weighted by atomic mass is 16.6. The molecule has 2 rings (SSSR count). The third-order valence-electron chi connectivity index (χ3n) is 7.14. The van der Waals surface area contributed by atoms with E-state index in [0.29, 0.717) is 24.0 Å². The van der Waals surface area contributed by atoms with E-state index in [1.54, 1.807) is 40.7 Å². The van der Waals surface area contributed by atoms with Gasteiger partial charge in [-0.25, -0.2) is 0 Å². The second kappa shape index (κ2) is 11.9. The van der Waals surface area contributed by atoms with E-state index in [9.17, 15) is 24.9 Å². The highest BCUT2D eigenvalue weighted by Crippen LogP contribution is 2.36. The summed E-state index contributed by atoms with van der Waals surface area (Å²) < 4.78 is 11.6. The number of aliphatic hydroxyl groups is 3. The van der Waals surface area contributed by atoms with E-state index in [1.807, 2.05) is 6.08 Å². The predicted molar refractivity (Wildman–Crippen MR) is 130 cm³/mol. The van der Waals surface area contributed by atoms with Gasteiger partial charge < -0.3 is 24.8 Å². The molecule has 0 amide bonds. The molecule has 34 heavy (non-hydrogen) atoms. The van der Waals surface area contributed by atoms with Gasteiger partial charge in [-0.15, -0.1) is 0 Å². The summed E-state index contributed by atoms with van der Waals surface area (Å²) in [5.41, 5.74) is 0.320. The summed E-state index contributed by atoms with van der Waals surface area (Å²) >= 11 is 0. The first-order valence-corrected chi connectivity index (χ1v) is 12.6. The number of hydrogen-bond acceptors (Lipinski definition) is 7. The van der Waals surface area contributed by atoms with Gasteiger partial charge in [-0.3, -0.25) is 9.59 Å². The molecule has 0 saturated carbocycles. The standard InChI is InChI=1S/C27H44O7/c1-7-8-9-10-21-12-11-17(2)24(30)26(5,6)25(31)19(4)13-18(3)22-14-20(28)15-27(32,34-22)16-23(29)33-21/h11,13,19-22,24,28,30,32H,7-10,12,14-16H2,1-6H3/b17-11-,18-13-/t19-,20-,21+,22-,24+,27+/m0/s1. The van der Waals surface area contributed by atoms with Gasteiger partial charge in [0.05, 0.1) is 30.1 Å². The number of hydrogen-bond donors (Lipinski definition) is 3. The van der Waals surface area contributed by atoms with Gasteiger partial charge in [0.25, 0.3) is 0 Å². The van der Waals surface area contributed by atoms with Crippen LogP contribution in [0.25, 0.3) is 0 Å². The third kappa shape index (κ3) is 7.48. The Labute approximate surface area is 204 Å². The number of rotatable bonds is 4. The van der Waals surface area contributed by atoms with Crippen molar-refractivity contribution in [3.63, 3.8) is 0 Å². The van der Waals surface area contributed by atoms with Crippen molar-refractivity contribution in [3.8, 4) is 0 Å². The Bertz CT molecular complexity index is 784. The largest absolute Gasteiger partial charge is 0.462 e. The minimum atomic E-state index is -1.84. The molecule has 6 atom stereocenters.